The lowest BCUT2D eigenvalue weighted by atomic mass is 10.1. The van der Waals surface area contributed by atoms with Gasteiger partial charge in [-0.1, -0.05) is 21.6 Å². The number of carboxylic acid groups (broad SMARTS) is 2. The largest absolute Gasteiger partial charge is 0.478 e. The monoisotopic (exact) mass is 586 g/mol. The predicted molar refractivity (Wildman–Crippen MR) is 140 cm³/mol. The molecule has 0 radical (unpaired) electrons. The Hall–Kier alpha value is -4.72. The zero-order valence-corrected chi connectivity index (χ0v) is 21.3. The van der Waals surface area contributed by atoms with Gasteiger partial charge in [0.25, 0.3) is 11.4 Å². The molecule has 208 valence electrons. The molecule has 0 fully saturated rings. The molecule has 20 heteroatoms. The first-order valence-electron chi connectivity index (χ1n) is 10.4. The number of hydrogen-bond donors (Lipinski definition) is 3. The number of aromatic carboxylic acids is 2. The highest BCUT2D eigenvalue weighted by molar-refractivity contribution is 8.76. The second kappa shape index (κ2) is 13.2. The summed E-state index contributed by atoms with van der Waals surface area (Å²) in [5.41, 5.74) is -5.11. The van der Waals surface area contributed by atoms with E-state index in [1.165, 1.54) is 33.5 Å². The Labute approximate surface area is 225 Å². The van der Waals surface area contributed by atoms with Gasteiger partial charge in [0.1, 0.15) is 0 Å². The average Bonchev–Trinajstić information content (AvgIpc) is 2.86. The molecule has 18 nitrogen and oxygen atoms in total. The van der Waals surface area contributed by atoms with Gasteiger partial charge in [-0.3, -0.25) is 40.5 Å². The number of nitro groups is 4. The van der Waals surface area contributed by atoms with Crippen molar-refractivity contribution in [3.05, 3.63) is 75.8 Å². The minimum Gasteiger partial charge on any atom is -0.478 e. The van der Waals surface area contributed by atoms with Gasteiger partial charge in [-0.15, -0.1) is 0 Å². The first-order valence-corrected chi connectivity index (χ1v) is 12.8. The van der Waals surface area contributed by atoms with Crippen molar-refractivity contribution in [3.8, 4) is 0 Å². The fraction of sp³-hybridized carbons (Fsp3) is 0.263. The summed E-state index contributed by atoms with van der Waals surface area (Å²) in [5.74, 6) is -2.59. The zero-order chi connectivity index (χ0) is 29.4. The van der Waals surface area contributed by atoms with Crippen molar-refractivity contribution in [2.75, 3.05) is 41.9 Å². The van der Waals surface area contributed by atoms with Crippen LogP contribution in [0.15, 0.2) is 24.3 Å². The van der Waals surface area contributed by atoms with Crippen LogP contribution in [-0.4, -0.2) is 73.5 Å². The number of nitro benzene ring substituents is 4. The number of carboxylic acids is 2. The van der Waals surface area contributed by atoms with Crippen LogP contribution in [0, 0.1) is 40.5 Å². The summed E-state index contributed by atoms with van der Waals surface area (Å²) in [6.07, 6.45) is 0. The van der Waals surface area contributed by atoms with Crippen molar-refractivity contribution in [3.63, 3.8) is 0 Å². The summed E-state index contributed by atoms with van der Waals surface area (Å²) in [4.78, 5) is 65.5. The molecule has 0 aliphatic carbocycles. The molecule has 0 saturated carbocycles. The third-order valence-electron chi connectivity index (χ3n) is 4.91. The van der Waals surface area contributed by atoms with E-state index in [1.54, 1.807) is 0 Å². The minimum absolute atomic E-state index is 0.00913. The van der Waals surface area contributed by atoms with Crippen molar-refractivity contribution in [2.45, 2.75) is 0 Å². The van der Waals surface area contributed by atoms with Crippen LogP contribution < -0.4 is 10.2 Å². The topological polar surface area (TPSA) is 262 Å². The van der Waals surface area contributed by atoms with Crippen LogP contribution in [0.2, 0.25) is 0 Å². The zero-order valence-electron chi connectivity index (χ0n) is 19.7. The van der Waals surface area contributed by atoms with E-state index in [1.807, 2.05) is 0 Å². The van der Waals surface area contributed by atoms with Crippen LogP contribution in [0.1, 0.15) is 20.7 Å². The summed E-state index contributed by atoms with van der Waals surface area (Å²) in [6.45, 7) is 0.0853. The first kappa shape index (κ1) is 30.5. The van der Waals surface area contributed by atoms with Gasteiger partial charge in [0.05, 0.1) is 30.8 Å². The van der Waals surface area contributed by atoms with Crippen molar-refractivity contribution in [1.29, 1.82) is 0 Å². The number of anilines is 2. The van der Waals surface area contributed by atoms with Gasteiger partial charge in [-0.25, -0.2) is 9.59 Å². The molecule has 2 aromatic carbocycles. The molecule has 0 aliphatic heterocycles. The van der Waals surface area contributed by atoms with Gasteiger partial charge >= 0.3 is 23.3 Å². The Morgan fingerprint density at radius 2 is 1.15 bits per heavy atom. The summed E-state index contributed by atoms with van der Waals surface area (Å²) < 4.78 is 0. The summed E-state index contributed by atoms with van der Waals surface area (Å²) in [6, 6.07) is 2.87. The lowest BCUT2D eigenvalue weighted by Gasteiger charge is -2.19. The Kier molecular flexibility index (Phi) is 10.3. The second-order valence-electron chi connectivity index (χ2n) is 7.38. The van der Waals surface area contributed by atoms with E-state index in [-0.39, 0.29) is 30.3 Å². The molecule has 0 spiro atoms. The maximum absolute atomic E-state index is 11.5. The van der Waals surface area contributed by atoms with E-state index >= 15 is 0 Å². The minimum atomic E-state index is -1.57. The van der Waals surface area contributed by atoms with Gasteiger partial charge in [-0.05, 0) is 0 Å². The molecule has 0 heterocycles. The Bertz CT molecular complexity index is 1280. The van der Waals surface area contributed by atoms with Crippen molar-refractivity contribution in [2.24, 2.45) is 0 Å². The first-order chi connectivity index (χ1) is 18.3. The number of benzene rings is 2. The lowest BCUT2D eigenvalue weighted by molar-refractivity contribution is -0.392. The molecule has 0 unspecified atom stereocenters. The predicted octanol–water partition coefficient (Wildman–Crippen LogP) is 3.65. The molecular formula is C19H18N6O12S2. The van der Waals surface area contributed by atoms with E-state index in [4.69, 9.17) is 10.2 Å². The Balaban J connectivity index is 2.03. The smallest absolute Gasteiger partial charge is 0.336 e. The molecule has 39 heavy (non-hydrogen) atoms. The highest BCUT2D eigenvalue weighted by Gasteiger charge is 2.31. The Morgan fingerprint density at radius 3 is 1.54 bits per heavy atom. The SMILES string of the molecule is CN(CCSSCCNc1c([N+](=O)[O-])cc(C(=O)O)cc1[N+](=O)[O-])c1c([N+](=O)[O-])cc(C(=O)O)cc1[N+](=O)[O-]. The second-order valence-corrected chi connectivity index (χ2v) is 10.1. The maximum Gasteiger partial charge on any atom is 0.336 e. The number of carbonyl (C=O) groups is 2. The molecule has 0 aliphatic rings. The maximum atomic E-state index is 11.5. The van der Waals surface area contributed by atoms with E-state index in [0.29, 0.717) is 12.1 Å². The molecule has 3 N–H and O–H groups in total. The molecule has 0 bridgehead atoms. The fourth-order valence-electron chi connectivity index (χ4n) is 3.22. The van der Waals surface area contributed by atoms with Crippen LogP contribution in [0.5, 0.6) is 0 Å². The molecular weight excluding hydrogens is 568 g/mol. The van der Waals surface area contributed by atoms with Gasteiger partial charge < -0.3 is 20.4 Å². The molecule has 0 aromatic heterocycles. The third-order valence-corrected chi connectivity index (χ3v) is 7.30. The van der Waals surface area contributed by atoms with E-state index in [9.17, 15) is 50.0 Å². The van der Waals surface area contributed by atoms with Gasteiger partial charge in [0.2, 0.25) is 0 Å². The number of nitrogens with zero attached hydrogens (tertiary/aromatic N) is 5. The van der Waals surface area contributed by atoms with Crippen LogP contribution >= 0.6 is 21.6 Å². The van der Waals surface area contributed by atoms with E-state index in [2.05, 4.69) is 5.32 Å². The van der Waals surface area contributed by atoms with E-state index < -0.39 is 71.2 Å². The third kappa shape index (κ3) is 7.64. The molecule has 0 saturated heterocycles. The van der Waals surface area contributed by atoms with Crippen molar-refractivity contribution in [1.82, 2.24) is 0 Å². The van der Waals surface area contributed by atoms with Crippen LogP contribution in [0.4, 0.5) is 34.1 Å². The molecule has 0 amide bonds. The number of nitrogens with one attached hydrogen (secondary N) is 1. The molecule has 2 rings (SSSR count). The highest BCUT2D eigenvalue weighted by atomic mass is 33.1. The summed E-state index contributed by atoms with van der Waals surface area (Å²) in [5, 5.41) is 66.3. The standard InChI is InChI=1S/C19H18N6O12S2/c1-21(17-14(24(34)35)8-11(19(28)29)9-15(17)25(36)37)3-5-39-38-4-2-20-16-12(22(30)31)6-10(18(26)27)7-13(16)23(32)33/h6-9,20H,2-5H2,1H3,(H,26,27)(H,28,29). The van der Waals surface area contributed by atoms with Crippen LogP contribution in [-0.2, 0) is 0 Å². The quantitative estimate of drug-likeness (QED) is 0.116. The molecule has 2 aromatic rings. The van der Waals surface area contributed by atoms with Gasteiger partial charge in [-0.2, -0.15) is 0 Å². The normalized spacial score (nSPS) is 10.5. The highest BCUT2D eigenvalue weighted by Crippen LogP contribution is 2.39. The fourth-order valence-corrected chi connectivity index (χ4v) is 5.17. The number of hydrogen-bond acceptors (Lipinski definition) is 14. The molecule has 0 atom stereocenters. The average molecular weight is 587 g/mol. The Morgan fingerprint density at radius 1 is 0.769 bits per heavy atom. The summed E-state index contributed by atoms with van der Waals surface area (Å²) >= 11 is 0. The van der Waals surface area contributed by atoms with Crippen molar-refractivity contribution < 1.29 is 39.5 Å². The lowest BCUT2D eigenvalue weighted by Crippen LogP contribution is -2.22. The number of rotatable bonds is 15. The van der Waals surface area contributed by atoms with Crippen LogP contribution in [0.25, 0.3) is 0 Å². The van der Waals surface area contributed by atoms with Gasteiger partial charge in [0, 0.05) is 55.9 Å². The summed E-state index contributed by atoms with van der Waals surface area (Å²) in [7, 11) is 3.82. The van der Waals surface area contributed by atoms with Gasteiger partial charge in [0.15, 0.2) is 11.4 Å². The van der Waals surface area contributed by atoms with Crippen LogP contribution in [0.3, 0.4) is 0 Å². The van der Waals surface area contributed by atoms with Crippen molar-refractivity contribution >= 4 is 67.7 Å². The van der Waals surface area contributed by atoms with E-state index in [0.717, 1.165) is 12.1 Å².